The predicted molar refractivity (Wildman–Crippen MR) is 127 cm³/mol. The second kappa shape index (κ2) is 8.60. The van der Waals surface area contributed by atoms with E-state index in [2.05, 4.69) is 50.1 Å². The quantitative estimate of drug-likeness (QED) is 0.365. The standard InChI is InChI=1S/C27H26N2O2/c1-17(2)21-11-8-20(9-12-21)10-13-26(30)28-23-7-5-6-22(16-23)27-29-24-14-18(3)19(4)15-25(24)31-27/h5-17H,1-4H3,(H,28,30)/b13-10+. The molecule has 1 aromatic heterocycles. The molecule has 4 aromatic rings. The molecule has 3 aromatic carbocycles. The third kappa shape index (κ3) is 4.75. The Bertz CT molecular complexity index is 1230. The molecule has 0 aliphatic carbocycles. The highest BCUT2D eigenvalue weighted by atomic mass is 16.3. The van der Waals surface area contributed by atoms with E-state index in [-0.39, 0.29) is 5.91 Å². The summed E-state index contributed by atoms with van der Waals surface area (Å²) in [6, 6.07) is 19.8. The lowest BCUT2D eigenvalue weighted by molar-refractivity contribution is -0.111. The fourth-order valence-electron chi connectivity index (χ4n) is 3.38. The normalized spacial score (nSPS) is 11.5. The molecule has 4 rings (SSSR count). The first-order chi connectivity index (χ1) is 14.9. The monoisotopic (exact) mass is 410 g/mol. The van der Waals surface area contributed by atoms with Gasteiger partial charge in [0.05, 0.1) is 0 Å². The minimum atomic E-state index is -0.186. The predicted octanol–water partition coefficient (Wildman–Crippen LogP) is 6.89. The van der Waals surface area contributed by atoms with Crippen molar-refractivity contribution in [1.82, 2.24) is 4.98 Å². The Hall–Kier alpha value is -3.66. The molecule has 0 fully saturated rings. The van der Waals surface area contributed by atoms with E-state index in [1.807, 2.05) is 54.6 Å². The summed E-state index contributed by atoms with van der Waals surface area (Å²) < 4.78 is 5.94. The molecule has 0 spiro atoms. The van der Waals surface area contributed by atoms with Crippen molar-refractivity contribution in [2.45, 2.75) is 33.6 Å². The summed E-state index contributed by atoms with van der Waals surface area (Å²) in [5.74, 6) is 0.841. The van der Waals surface area contributed by atoms with Gasteiger partial charge in [-0.15, -0.1) is 0 Å². The minimum absolute atomic E-state index is 0.186. The zero-order valence-corrected chi connectivity index (χ0v) is 18.3. The van der Waals surface area contributed by atoms with E-state index in [1.165, 1.54) is 16.7 Å². The van der Waals surface area contributed by atoms with Crippen LogP contribution in [-0.4, -0.2) is 10.9 Å². The second-order valence-corrected chi connectivity index (χ2v) is 8.15. The highest BCUT2D eigenvalue weighted by Crippen LogP contribution is 2.28. The molecular weight excluding hydrogens is 384 g/mol. The van der Waals surface area contributed by atoms with Gasteiger partial charge in [0.1, 0.15) is 5.52 Å². The van der Waals surface area contributed by atoms with Crippen LogP contribution in [0.4, 0.5) is 5.69 Å². The van der Waals surface area contributed by atoms with E-state index in [9.17, 15) is 4.79 Å². The van der Waals surface area contributed by atoms with E-state index in [0.29, 0.717) is 17.5 Å². The third-order valence-electron chi connectivity index (χ3n) is 5.41. The number of anilines is 1. The first-order valence-electron chi connectivity index (χ1n) is 10.5. The summed E-state index contributed by atoms with van der Waals surface area (Å²) in [5.41, 5.74) is 7.72. The molecule has 0 unspecified atom stereocenters. The average molecular weight is 411 g/mol. The fourth-order valence-corrected chi connectivity index (χ4v) is 3.38. The van der Waals surface area contributed by atoms with E-state index < -0.39 is 0 Å². The van der Waals surface area contributed by atoms with Gasteiger partial charge in [-0.1, -0.05) is 44.2 Å². The summed E-state index contributed by atoms with van der Waals surface area (Å²) >= 11 is 0. The maximum atomic E-state index is 12.4. The van der Waals surface area contributed by atoms with Crippen LogP contribution in [0.1, 0.15) is 42.0 Å². The molecule has 4 nitrogen and oxygen atoms in total. The number of fused-ring (bicyclic) bond motifs is 1. The third-order valence-corrected chi connectivity index (χ3v) is 5.41. The van der Waals surface area contributed by atoms with Gasteiger partial charge in [-0.25, -0.2) is 4.98 Å². The zero-order valence-electron chi connectivity index (χ0n) is 18.3. The Kier molecular flexibility index (Phi) is 5.72. The number of rotatable bonds is 5. The van der Waals surface area contributed by atoms with Gasteiger partial charge in [-0.3, -0.25) is 4.79 Å². The van der Waals surface area contributed by atoms with Crippen molar-refractivity contribution in [2.24, 2.45) is 0 Å². The smallest absolute Gasteiger partial charge is 0.248 e. The van der Waals surface area contributed by atoms with Crippen LogP contribution in [-0.2, 0) is 4.79 Å². The van der Waals surface area contributed by atoms with Crippen LogP contribution < -0.4 is 5.32 Å². The molecule has 0 aliphatic rings. The lowest BCUT2D eigenvalue weighted by Gasteiger charge is -2.05. The van der Waals surface area contributed by atoms with Gasteiger partial charge in [0, 0.05) is 17.3 Å². The molecule has 0 atom stereocenters. The van der Waals surface area contributed by atoms with Crippen LogP contribution in [0.15, 0.2) is 71.2 Å². The van der Waals surface area contributed by atoms with E-state index >= 15 is 0 Å². The van der Waals surface area contributed by atoms with Gasteiger partial charge >= 0.3 is 0 Å². The molecule has 0 saturated heterocycles. The maximum Gasteiger partial charge on any atom is 0.248 e. The largest absolute Gasteiger partial charge is 0.436 e. The highest BCUT2D eigenvalue weighted by Gasteiger charge is 2.10. The molecule has 0 aliphatic heterocycles. The van der Waals surface area contributed by atoms with Crippen molar-refractivity contribution < 1.29 is 9.21 Å². The number of carbonyl (C=O) groups is 1. The van der Waals surface area contributed by atoms with Crippen LogP contribution >= 0.6 is 0 Å². The fraction of sp³-hybridized carbons (Fsp3) is 0.185. The molecule has 0 saturated carbocycles. The SMILES string of the molecule is Cc1cc2nc(-c3cccc(NC(=O)/C=C/c4ccc(C(C)C)cc4)c3)oc2cc1C. The topological polar surface area (TPSA) is 55.1 Å². The van der Waals surface area contributed by atoms with Gasteiger partial charge in [-0.2, -0.15) is 0 Å². The number of aryl methyl sites for hydroxylation is 2. The molecule has 0 bridgehead atoms. The number of hydrogen-bond acceptors (Lipinski definition) is 3. The van der Waals surface area contributed by atoms with Crippen LogP contribution in [0.2, 0.25) is 0 Å². The summed E-state index contributed by atoms with van der Waals surface area (Å²) in [6.45, 7) is 8.44. The van der Waals surface area contributed by atoms with Crippen LogP contribution in [0, 0.1) is 13.8 Å². The minimum Gasteiger partial charge on any atom is -0.436 e. The number of oxazole rings is 1. The van der Waals surface area contributed by atoms with Gasteiger partial charge in [0.15, 0.2) is 5.58 Å². The summed E-state index contributed by atoms with van der Waals surface area (Å²) in [4.78, 5) is 17.0. The van der Waals surface area contributed by atoms with Crippen LogP contribution in [0.5, 0.6) is 0 Å². The Labute approximate surface area is 182 Å². The number of nitrogens with one attached hydrogen (secondary N) is 1. The molecule has 156 valence electrons. The molecule has 1 heterocycles. The van der Waals surface area contributed by atoms with Crippen LogP contribution in [0.25, 0.3) is 28.6 Å². The molecule has 1 amide bonds. The van der Waals surface area contributed by atoms with E-state index in [0.717, 1.165) is 22.2 Å². The summed E-state index contributed by atoms with van der Waals surface area (Å²) in [6.07, 6.45) is 3.36. The van der Waals surface area contributed by atoms with E-state index in [1.54, 1.807) is 6.08 Å². The zero-order chi connectivity index (χ0) is 22.0. The molecule has 31 heavy (non-hydrogen) atoms. The van der Waals surface area contributed by atoms with Crippen LogP contribution in [0.3, 0.4) is 0 Å². The first kappa shape index (κ1) is 20.6. The Balaban J connectivity index is 1.48. The van der Waals surface area contributed by atoms with Crippen molar-refractivity contribution in [3.8, 4) is 11.5 Å². The van der Waals surface area contributed by atoms with Crippen molar-refractivity contribution in [3.05, 3.63) is 89.0 Å². The van der Waals surface area contributed by atoms with Gasteiger partial charge < -0.3 is 9.73 Å². The highest BCUT2D eigenvalue weighted by molar-refractivity contribution is 6.02. The lowest BCUT2D eigenvalue weighted by atomic mass is 10.0. The molecule has 1 N–H and O–H groups in total. The van der Waals surface area contributed by atoms with Gasteiger partial charge in [0.2, 0.25) is 11.8 Å². The van der Waals surface area contributed by atoms with Crippen molar-refractivity contribution in [1.29, 1.82) is 0 Å². The number of amides is 1. The second-order valence-electron chi connectivity index (χ2n) is 8.15. The van der Waals surface area contributed by atoms with E-state index in [4.69, 9.17) is 4.42 Å². The Morgan fingerprint density at radius 3 is 2.48 bits per heavy atom. The summed E-state index contributed by atoms with van der Waals surface area (Å²) in [5, 5.41) is 2.91. The average Bonchev–Trinajstić information content (AvgIpc) is 3.16. The van der Waals surface area contributed by atoms with Crippen molar-refractivity contribution in [3.63, 3.8) is 0 Å². The molecular formula is C27H26N2O2. The number of carbonyl (C=O) groups excluding carboxylic acids is 1. The maximum absolute atomic E-state index is 12.4. The Morgan fingerprint density at radius 2 is 1.74 bits per heavy atom. The number of benzene rings is 3. The molecule has 4 heteroatoms. The van der Waals surface area contributed by atoms with Gasteiger partial charge in [0.25, 0.3) is 0 Å². The van der Waals surface area contributed by atoms with Crippen molar-refractivity contribution in [2.75, 3.05) is 5.32 Å². The van der Waals surface area contributed by atoms with Gasteiger partial charge in [-0.05, 0) is 78.4 Å². The number of hydrogen-bond donors (Lipinski definition) is 1. The number of nitrogens with zero attached hydrogens (tertiary/aromatic N) is 1. The lowest BCUT2D eigenvalue weighted by Crippen LogP contribution is -2.07. The first-order valence-corrected chi connectivity index (χ1v) is 10.5. The molecule has 0 radical (unpaired) electrons. The summed E-state index contributed by atoms with van der Waals surface area (Å²) in [7, 11) is 0. The Morgan fingerprint density at radius 1 is 1.00 bits per heavy atom. The number of aromatic nitrogens is 1. The van der Waals surface area contributed by atoms with Crippen molar-refractivity contribution >= 4 is 28.8 Å².